The van der Waals surface area contributed by atoms with Gasteiger partial charge in [-0.05, 0) is 23.8 Å². The number of thioether (sulfide) groups is 1. The number of hydrogen-bond donors (Lipinski definition) is 1. The van der Waals surface area contributed by atoms with Gasteiger partial charge in [0.05, 0.1) is 17.6 Å². The number of rotatable bonds is 6. The molecule has 22 heavy (non-hydrogen) atoms. The maximum absolute atomic E-state index is 11.2. The Bertz CT molecular complexity index is 667. The highest BCUT2D eigenvalue weighted by Gasteiger charge is 2.21. The molecular formula is C15H13NO5S. The molecule has 0 unspecified atom stereocenters. The van der Waals surface area contributed by atoms with Crippen molar-refractivity contribution in [1.82, 2.24) is 0 Å². The fourth-order valence-electron chi connectivity index (χ4n) is 1.87. The lowest BCUT2D eigenvalue weighted by Gasteiger charge is -2.07. The molecule has 0 aliphatic carbocycles. The molecule has 0 bridgehead atoms. The van der Waals surface area contributed by atoms with Crippen molar-refractivity contribution < 1.29 is 19.6 Å². The molecule has 0 heterocycles. The number of nitro groups is 1. The van der Waals surface area contributed by atoms with Gasteiger partial charge in [0.2, 0.25) is 0 Å². The van der Waals surface area contributed by atoms with Crippen LogP contribution < -0.4 is 4.74 Å². The van der Waals surface area contributed by atoms with Crippen LogP contribution in [0.25, 0.3) is 0 Å². The first kappa shape index (κ1) is 15.8. The number of carboxylic acid groups (broad SMARTS) is 1. The number of carbonyl (C=O) groups is 1. The number of benzene rings is 2. The van der Waals surface area contributed by atoms with Crippen molar-refractivity contribution in [2.45, 2.75) is 10.6 Å². The Morgan fingerprint density at radius 2 is 1.95 bits per heavy atom. The van der Waals surface area contributed by atoms with E-state index in [-0.39, 0.29) is 16.1 Å². The third kappa shape index (κ3) is 3.56. The summed E-state index contributed by atoms with van der Waals surface area (Å²) in [6.07, 6.45) is 0. The Balaban J connectivity index is 2.27. The molecule has 1 N–H and O–H groups in total. The summed E-state index contributed by atoms with van der Waals surface area (Å²) in [6.45, 7) is 0. The van der Waals surface area contributed by atoms with Gasteiger partial charge in [-0.1, -0.05) is 18.2 Å². The largest absolute Gasteiger partial charge is 0.497 e. The van der Waals surface area contributed by atoms with E-state index < -0.39 is 10.9 Å². The molecule has 114 valence electrons. The third-order valence-electron chi connectivity index (χ3n) is 2.96. The predicted octanol–water partition coefficient (Wildman–Crippen LogP) is 3.59. The van der Waals surface area contributed by atoms with Gasteiger partial charge in [0.15, 0.2) is 0 Å². The van der Waals surface area contributed by atoms with E-state index in [0.29, 0.717) is 11.5 Å². The molecule has 0 aliphatic rings. The van der Waals surface area contributed by atoms with Crippen LogP contribution >= 0.6 is 11.8 Å². The molecule has 0 fully saturated rings. The minimum atomic E-state index is -1.18. The van der Waals surface area contributed by atoms with Crippen molar-refractivity contribution >= 4 is 23.4 Å². The molecule has 0 spiro atoms. The van der Waals surface area contributed by atoms with Crippen molar-refractivity contribution in [3.63, 3.8) is 0 Å². The molecular weight excluding hydrogens is 306 g/mol. The lowest BCUT2D eigenvalue weighted by atomic mass is 10.2. The number of methoxy groups -OCH3 is 1. The first-order valence-electron chi connectivity index (χ1n) is 6.29. The highest BCUT2D eigenvalue weighted by molar-refractivity contribution is 7.98. The quantitative estimate of drug-likeness (QED) is 0.497. The monoisotopic (exact) mass is 319 g/mol. The maximum atomic E-state index is 11.2. The number of hydrogen-bond acceptors (Lipinski definition) is 5. The summed E-state index contributed by atoms with van der Waals surface area (Å²) >= 11 is 1.13. The number of aromatic carboxylic acids is 1. The summed E-state index contributed by atoms with van der Waals surface area (Å²) in [6, 6.07) is 11.3. The first-order chi connectivity index (χ1) is 10.5. The Morgan fingerprint density at radius 3 is 2.50 bits per heavy atom. The fourth-order valence-corrected chi connectivity index (χ4v) is 2.97. The normalized spacial score (nSPS) is 10.2. The van der Waals surface area contributed by atoms with Crippen molar-refractivity contribution in [1.29, 1.82) is 0 Å². The zero-order chi connectivity index (χ0) is 16.1. The van der Waals surface area contributed by atoms with Crippen LogP contribution in [0.5, 0.6) is 5.75 Å². The van der Waals surface area contributed by atoms with Gasteiger partial charge in [-0.15, -0.1) is 11.8 Å². The van der Waals surface area contributed by atoms with Gasteiger partial charge in [-0.25, -0.2) is 4.79 Å². The average Bonchev–Trinajstić information content (AvgIpc) is 2.52. The van der Waals surface area contributed by atoms with Crippen molar-refractivity contribution in [3.05, 3.63) is 63.7 Å². The fraction of sp³-hybridized carbons (Fsp3) is 0.133. The molecule has 7 heteroatoms. The van der Waals surface area contributed by atoms with Gasteiger partial charge in [0.25, 0.3) is 5.69 Å². The number of nitro benzene ring substituents is 1. The van der Waals surface area contributed by atoms with E-state index in [9.17, 15) is 20.0 Å². The van der Waals surface area contributed by atoms with E-state index in [1.54, 1.807) is 19.2 Å². The summed E-state index contributed by atoms with van der Waals surface area (Å²) < 4.78 is 5.06. The minimum Gasteiger partial charge on any atom is -0.497 e. The number of carboxylic acids is 1. The highest BCUT2D eigenvalue weighted by Crippen LogP contribution is 2.34. The molecule has 0 saturated heterocycles. The SMILES string of the molecule is COc1ccc(CSc2c(C(=O)O)cccc2[N+](=O)[O-])cc1. The molecule has 2 aromatic carbocycles. The lowest BCUT2D eigenvalue weighted by molar-refractivity contribution is -0.387. The van der Waals surface area contributed by atoms with Gasteiger partial charge in [-0.2, -0.15) is 0 Å². The Kier molecular flexibility index (Phi) is 5.00. The molecule has 2 rings (SSSR count). The van der Waals surface area contributed by atoms with Crippen molar-refractivity contribution in [3.8, 4) is 5.75 Å². The highest BCUT2D eigenvalue weighted by atomic mass is 32.2. The smallest absolute Gasteiger partial charge is 0.337 e. The summed E-state index contributed by atoms with van der Waals surface area (Å²) in [5.74, 6) is -0.0404. The number of nitrogens with zero attached hydrogens (tertiary/aromatic N) is 1. The second kappa shape index (κ2) is 6.95. The van der Waals surface area contributed by atoms with Crippen LogP contribution in [0, 0.1) is 10.1 Å². The zero-order valence-corrected chi connectivity index (χ0v) is 12.5. The molecule has 0 atom stereocenters. The van der Waals surface area contributed by atoms with Crippen LogP contribution in [0.1, 0.15) is 15.9 Å². The molecule has 6 nitrogen and oxygen atoms in total. The standard InChI is InChI=1S/C15H13NO5S/c1-21-11-7-5-10(6-8-11)9-22-14-12(15(17)18)3-2-4-13(14)16(19)20/h2-8H,9H2,1H3,(H,17,18). The van der Waals surface area contributed by atoms with E-state index in [1.165, 1.54) is 18.2 Å². The molecule has 0 amide bonds. The maximum Gasteiger partial charge on any atom is 0.337 e. The Morgan fingerprint density at radius 1 is 1.27 bits per heavy atom. The van der Waals surface area contributed by atoms with E-state index in [1.807, 2.05) is 12.1 Å². The molecule has 0 aromatic heterocycles. The van der Waals surface area contributed by atoms with Crippen LogP contribution in [0.2, 0.25) is 0 Å². The van der Waals surface area contributed by atoms with Gasteiger partial charge in [0, 0.05) is 11.8 Å². The van der Waals surface area contributed by atoms with Crippen molar-refractivity contribution in [2.24, 2.45) is 0 Å². The van der Waals surface area contributed by atoms with Gasteiger partial charge < -0.3 is 9.84 Å². The second-order valence-corrected chi connectivity index (χ2v) is 5.34. The van der Waals surface area contributed by atoms with E-state index in [2.05, 4.69) is 0 Å². The van der Waals surface area contributed by atoms with E-state index in [0.717, 1.165) is 17.3 Å². The van der Waals surface area contributed by atoms with Crippen LogP contribution in [-0.4, -0.2) is 23.1 Å². The zero-order valence-electron chi connectivity index (χ0n) is 11.7. The average molecular weight is 319 g/mol. The van der Waals surface area contributed by atoms with Crippen LogP contribution in [0.4, 0.5) is 5.69 Å². The Hall–Kier alpha value is -2.54. The molecule has 0 saturated carbocycles. The third-order valence-corrected chi connectivity index (χ3v) is 4.16. The molecule has 0 radical (unpaired) electrons. The summed E-state index contributed by atoms with van der Waals surface area (Å²) in [4.78, 5) is 21.9. The minimum absolute atomic E-state index is 0.0623. The first-order valence-corrected chi connectivity index (χ1v) is 7.28. The summed E-state index contributed by atoms with van der Waals surface area (Å²) in [7, 11) is 1.57. The van der Waals surface area contributed by atoms with E-state index in [4.69, 9.17) is 4.74 Å². The lowest BCUT2D eigenvalue weighted by Crippen LogP contribution is -2.02. The van der Waals surface area contributed by atoms with Gasteiger partial charge >= 0.3 is 5.97 Å². The molecule has 0 aliphatic heterocycles. The topological polar surface area (TPSA) is 89.7 Å². The Labute approximate surface area is 130 Å². The van der Waals surface area contributed by atoms with E-state index >= 15 is 0 Å². The van der Waals surface area contributed by atoms with Gasteiger partial charge in [0.1, 0.15) is 10.6 Å². The van der Waals surface area contributed by atoms with Crippen LogP contribution in [0.15, 0.2) is 47.4 Å². The van der Waals surface area contributed by atoms with Crippen molar-refractivity contribution in [2.75, 3.05) is 7.11 Å². The second-order valence-electron chi connectivity index (χ2n) is 4.35. The summed E-state index contributed by atoms with van der Waals surface area (Å²) in [5, 5.41) is 20.3. The predicted molar refractivity (Wildman–Crippen MR) is 82.6 cm³/mol. The van der Waals surface area contributed by atoms with Crippen LogP contribution in [-0.2, 0) is 5.75 Å². The van der Waals surface area contributed by atoms with Gasteiger partial charge in [-0.3, -0.25) is 10.1 Å². The number of ether oxygens (including phenoxy) is 1. The summed E-state index contributed by atoms with van der Waals surface area (Å²) in [5.41, 5.74) is 0.659. The van der Waals surface area contributed by atoms with Crippen LogP contribution in [0.3, 0.4) is 0 Å². The molecule has 2 aromatic rings.